The number of hydrogen-bond donors (Lipinski definition) is 0. The van der Waals surface area contributed by atoms with Crippen molar-refractivity contribution >= 4 is 46.7 Å². The smallest absolute Gasteiger partial charge is 0.305 e. The van der Waals surface area contributed by atoms with Gasteiger partial charge in [0.15, 0.2) is 5.60 Å². The highest BCUT2D eigenvalue weighted by molar-refractivity contribution is 6.36. The molecule has 0 aromatic heterocycles. The van der Waals surface area contributed by atoms with Crippen LogP contribution < -0.4 is 4.90 Å². The molecule has 2 fully saturated rings. The van der Waals surface area contributed by atoms with E-state index >= 15 is 0 Å². The Morgan fingerprint density at radius 1 is 1.23 bits per heavy atom. The van der Waals surface area contributed by atoms with E-state index in [9.17, 15) is 29.3 Å². The van der Waals surface area contributed by atoms with E-state index in [4.69, 9.17) is 25.8 Å². The highest BCUT2D eigenvalue weighted by atomic mass is 35.5. The molecule has 12 heteroatoms. The van der Waals surface area contributed by atoms with Gasteiger partial charge in [-0.15, -0.1) is 0 Å². The van der Waals surface area contributed by atoms with Crippen LogP contribution in [0.4, 0.5) is 11.4 Å². The largest absolute Gasteiger partial charge is 0.422 e. The van der Waals surface area contributed by atoms with Gasteiger partial charge >= 0.3 is 11.9 Å². The van der Waals surface area contributed by atoms with Gasteiger partial charge in [-0.05, 0) is 12.1 Å². The monoisotopic (exact) mass is 450 g/mol. The van der Waals surface area contributed by atoms with Gasteiger partial charge in [-0.1, -0.05) is 17.7 Å². The lowest BCUT2D eigenvalue weighted by atomic mass is 9.76. The van der Waals surface area contributed by atoms with Crippen molar-refractivity contribution in [3.05, 3.63) is 45.5 Å². The van der Waals surface area contributed by atoms with Crippen molar-refractivity contribution in [1.82, 2.24) is 0 Å². The van der Waals surface area contributed by atoms with Crippen molar-refractivity contribution in [1.29, 1.82) is 0 Å². The van der Waals surface area contributed by atoms with Crippen LogP contribution in [0.25, 0.3) is 0 Å². The minimum absolute atomic E-state index is 0.0425. The lowest BCUT2D eigenvalue weighted by molar-refractivity contribution is -0.384. The van der Waals surface area contributed by atoms with Crippen molar-refractivity contribution < 1.29 is 38.3 Å². The van der Waals surface area contributed by atoms with Crippen LogP contribution in [0.5, 0.6) is 0 Å². The topological polar surface area (TPSA) is 142 Å². The molecule has 0 spiro atoms. The zero-order valence-corrected chi connectivity index (χ0v) is 16.9. The van der Waals surface area contributed by atoms with Crippen LogP contribution in [0.2, 0.25) is 5.02 Å². The molecule has 3 aliphatic rings. The van der Waals surface area contributed by atoms with Crippen LogP contribution in [-0.4, -0.2) is 46.7 Å². The normalized spacial score (nSPS) is 28.3. The molecular weight excluding hydrogens is 436 g/mol. The van der Waals surface area contributed by atoms with Crippen LogP contribution in [0, 0.1) is 22.0 Å². The minimum atomic E-state index is -1.72. The summed E-state index contributed by atoms with van der Waals surface area (Å²) in [6, 6.07) is 3.38. The SMILES string of the molecule is CC(=O)OC(OC(C)=O)[C@@]12C=C[C@@H](O1)[C@@H]1C(=O)N(c3cc([N+](=O)[O-])ccc3Cl)C(=O)[C@@H]12. The predicted molar refractivity (Wildman–Crippen MR) is 102 cm³/mol. The molecule has 3 aliphatic heterocycles. The molecule has 4 rings (SSSR count). The fraction of sp³-hybridized carbons (Fsp3) is 0.368. The number of ether oxygens (including phenoxy) is 3. The van der Waals surface area contributed by atoms with Crippen LogP contribution in [0.15, 0.2) is 30.4 Å². The van der Waals surface area contributed by atoms with E-state index in [0.717, 1.165) is 30.9 Å². The first-order valence-electron chi connectivity index (χ1n) is 9.10. The van der Waals surface area contributed by atoms with E-state index in [2.05, 4.69) is 0 Å². The summed E-state index contributed by atoms with van der Waals surface area (Å²) in [7, 11) is 0. The first kappa shape index (κ1) is 20.9. The molecule has 0 N–H and O–H groups in total. The van der Waals surface area contributed by atoms with E-state index in [-0.39, 0.29) is 16.4 Å². The first-order chi connectivity index (χ1) is 14.6. The molecule has 2 saturated heterocycles. The fourth-order valence-corrected chi connectivity index (χ4v) is 4.44. The number of fused-ring (bicyclic) bond motifs is 5. The molecule has 31 heavy (non-hydrogen) atoms. The molecule has 3 heterocycles. The average Bonchev–Trinajstić information content (AvgIpc) is 3.32. The number of imide groups is 1. The summed E-state index contributed by atoms with van der Waals surface area (Å²) in [6.07, 6.45) is 0.484. The van der Waals surface area contributed by atoms with Crippen LogP contribution in [0.1, 0.15) is 13.8 Å². The third kappa shape index (κ3) is 3.08. The molecule has 2 amide bonds. The van der Waals surface area contributed by atoms with Gasteiger partial charge in [0, 0.05) is 26.0 Å². The number of carbonyl (C=O) groups excluding carboxylic acids is 4. The van der Waals surface area contributed by atoms with Gasteiger partial charge in [-0.2, -0.15) is 0 Å². The van der Waals surface area contributed by atoms with Gasteiger partial charge in [-0.25, -0.2) is 4.90 Å². The fourth-order valence-electron chi connectivity index (χ4n) is 4.24. The second kappa shape index (κ2) is 7.13. The molecule has 4 atom stereocenters. The van der Waals surface area contributed by atoms with Crippen LogP contribution in [-0.2, 0) is 33.4 Å². The number of anilines is 1. The van der Waals surface area contributed by atoms with E-state index in [1.807, 2.05) is 0 Å². The maximum atomic E-state index is 13.4. The van der Waals surface area contributed by atoms with Gasteiger partial charge in [0.1, 0.15) is 0 Å². The van der Waals surface area contributed by atoms with E-state index in [0.29, 0.717) is 0 Å². The number of nitro benzene ring substituents is 1. The summed E-state index contributed by atoms with van der Waals surface area (Å²) in [6.45, 7) is 2.18. The molecule has 0 radical (unpaired) electrons. The maximum absolute atomic E-state index is 13.4. The molecule has 162 valence electrons. The maximum Gasteiger partial charge on any atom is 0.305 e. The number of amides is 2. The molecule has 1 aromatic rings. The van der Waals surface area contributed by atoms with E-state index in [1.54, 1.807) is 0 Å². The van der Waals surface area contributed by atoms with Gasteiger partial charge in [0.25, 0.3) is 12.0 Å². The lowest BCUT2D eigenvalue weighted by Gasteiger charge is -2.34. The number of nitro groups is 1. The number of carbonyl (C=O) groups is 4. The molecule has 0 unspecified atom stereocenters. The number of hydrogen-bond acceptors (Lipinski definition) is 9. The Morgan fingerprint density at radius 3 is 2.45 bits per heavy atom. The quantitative estimate of drug-likeness (QED) is 0.163. The van der Waals surface area contributed by atoms with Crippen molar-refractivity contribution in [2.75, 3.05) is 4.90 Å². The predicted octanol–water partition coefficient (Wildman–Crippen LogP) is 1.51. The second-order valence-corrected chi connectivity index (χ2v) is 7.66. The second-order valence-electron chi connectivity index (χ2n) is 7.25. The number of rotatable bonds is 5. The van der Waals surface area contributed by atoms with Gasteiger partial charge in [-0.3, -0.25) is 29.3 Å². The Kier molecular flexibility index (Phi) is 4.82. The molecule has 0 saturated carbocycles. The third-order valence-corrected chi connectivity index (χ3v) is 5.69. The summed E-state index contributed by atoms with van der Waals surface area (Å²) < 4.78 is 16.1. The number of non-ortho nitro benzene ring substituents is 1. The zero-order valence-electron chi connectivity index (χ0n) is 16.1. The number of nitrogens with zero attached hydrogens (tertiary/aromatic N) is 2. The van der Waals surface area contributed by atoms with E-state index in [1.165, 1.54) is 18.2 Å². The Labute approximate surface area is 179 Å². The Morgan fingerprint density at radius 2 is 1.87 bits per heavy atom. The number of halogens is 1. The Hall–Kier alpha value is -3.31. The summed E-state index contributed by atoms with van der Waals surface area (Å²) in [4.78, 5) is 61.0. The summed E-state index contributed by atoms with van der Waals surface area (Å²) >= 11 is 6.14. The average molecular weight is 451 g/mol. The van der Waals surface area contributed by atoms with Gasteiger partial charge < -0.3 is 14.2 Å². The Bertz CT molecular complexity index is 1050. The number of benzene rings is 1. The summed E-state index contributed by atoms with van der Waals surface area (Å²) in [5.41, 5.74) is -2.23. The molecule has 1 aromatic carbocycles. The first-order valence-corrected chi connectivity index (χ1v) is 9.48. The highest BCUT2D eigenvalue weighted by Crippen LogP contribution is 2.55. The summed E-state index contributed by atoms with van der Waals surface area (Å²) in [5.74, 6) is -5.25. The third-order valence-electron chi connectivity index (χ3n) is 5.37. The van der Waals surface area contributed by atoms with Gasteiger partial charge in [0.2, 0.25) is 11.8 Å². The lowest BCUT2D eigenvalue weighted by Crippen LogP contribution is -2.52. The van der Waals surface area contributed by atoms with Gasteiger partial charge in [0.05, 0.1) is 33.6 Å². The molecule has 11 nitrogen and oxygen atoms in total. The van der Waals surface area contributed by atoms with Crippen molar-refractivity contribution in [2.24, 2.45) is 11.8 Å². The van der Waals surface area contributed by atoms with Crippen molar-refractivity contribution in [3.63, 3.8) is 0 Å². The standard InChI is InChI=1S/C19H15ClN2O9/c1-8(23)29-18(30-9(2)24)19-6-5-13(31-19)14-15(19)17(26)21(16(14)25)12-7-10(22(27)28)3-4-11(12)20/h3-7,13-15,18H,1-2H3/t13-,14+,15-,19+/m1/s1. The molecule has 2 bridgehead atoms. The number of esters is 2. The highest BCUT2D eigenvalue weighted by Gasteiger charge is 2.72. The van der Waals surface area contributed by atoms with Crippen LogP contribution >= 0.6 is 11.6 Å². The summed E-state index contributed by atoms with van der Waals surface area (Å²) in [5, 5.41) is 11.1. The molecular formula is C19H15ClN2O9. The molecule has 0 aliphatic carbocycles. The minimum Gasteiger partial charge on any atom is -0.422 e. The van der Waals surface area contributed by atoms with Crippen LogP contribution in [0.3, 0.4) is 0 Å². The van der Waals surface area contributed by atoms with Crippen molar-refractivity contribution in [2.45, 2.75) is 31.8 Å². The zero-order chi connectivity index (χ0) is 22.7. The van der Waals surface area contributed by atoms with E-state index < -0.39 is 58.5 Å². The van der Waals surface area contributed by atoms with Crippen molar-refractivity contribution in [3.8, 4) is 0 Å². The Balaban J connectivity index is 1.78.